The Morgan fingerprint density at radius 3 is 2.67 bits per heavy atom. The van der Waals surface area contributed by atoms with Crippen molar-refractivity contribution in [3.63, 3.8) is 0 Å². The molecule has 0 fully saturated rings. The number of rotatable bonds is 7. The second-order valence-electron chi connectivity index (χ2n) is 5.73. The van der Waals surface area contributed by atoms with Crippen molar-refractivity contribution in [1.82, 2.24) is 0 Å². The average Bonchev–Trinajstić information content (AvgIpc) is 3.14. The molecule has 1 atom stereocenters. The number of esters is 1. The molecule has 0 aromatic heterocycles. The molecule has 3 rings (SSSR count). The van der Waals surface area contributed by atoms with Crippen LogP contribution >= 0.6 is 0 Å². The van der Waals surface area contributed by atoms with Crippen molar-refractivity contribution < 1.29 is 28.5 Å². The molecule has 140 valence electrons. The molecule has 2 aromatic carbocycles. The van der Waals surface area contributed by atoms with Gasteiger partial charge in [-0.2, -0.15) is 0 Å². The highest BCUT2D eigenvalue weighted by Crippen LogP contribution is 2.34. The molecular formula is C20H19NO6. The molecule has 2 aromatic rings. The Hall–Kier alpha value is -3.48. The Balaban J connectivity index is 1.55. The Kier molecular flexibility index (Phi) is 5.61. The lowest BCUT2D eigenvalue weighted by Gasteiger charge is -2.14. The van der Waals surface area contributed by atoms with E-state index in [9.17, 15) is 9.59 Å². The molecule has 1 unspecified atom stereocenters. The van der Waals surface area contributed by atoms with Crippen LogP contribution in [-0.2, 0) is 9.53 Å². The number of hydrogen-bond acceptors (Lipinski definition) is 6. The minimum Gasteiger partial charge on any atom is -0.490 e. The van der Waals surface area contributed by atoms with Crippen molar-refractivity contribution in [1.29, 1.82) is 0 Å². The first-order valence-corrected chi connectivity index (χ1v) is 8.32. The van der Waals surface area contributed by atoms with Crippen LogP contribution in [0, 0.1) is 0 Å². The smallest absolute Gasteiger partial charge is 0.338 e. The van der Waals surface area contributed by atoms with Gasteiger partial charge in [-0.1, -0.05) is 12.7 Å². The van der Waals surface area contributed by atoms with E-state index in [1.165, 1.54) is 6.92 Å². The van der Waals surface area contributed by atoms with E-state index in [4.69, 9.17) is 18.9 Å². The first-order valence-electron chi connectivity index (χ1n) is 8.32. The van der Waals surface area contributed by atoms with Crippen LogP contribution in [0.4, 0.5) is 5.69 Å². The van der Waals surface area contributed by atoms with Gasteiger partial charge in [0.25, 0.3) is 5.91 Å². The predicted octanol–water partition coefficient (Wildman–Crippen LogP) is 3.16. The van der Waals surface area contributed by atoms with E-state index in [1.807, 2.05) is 0 Å². The number of hydrogen-bond donors (Lipinski definition) is 1. The molecule has 0 spiro atoms. The van der Waals surface area contributed by atoms with Gasteiger partial charge in [-0.05, 0) is 43.3 Å². The van der Waals surface area contributed by atoms with Crippen LogP contribution in [0.15, 0.2) is 55.1 Å². The summed E-state index contributed by atoms with van der Waals surface area (Å²) in [6.45, 7) is 5.60. The third kappa shape index (κ3) is 4.58. The molecule has 1 aliphatic rings. The topological polar surface area (TPSA) is 83.1 Å². The first kappa shape index (κ1) is 18.3. The molecule has 7 nitrogen and oxygen atoms in total. The average molecular weight is 369 g/mol. The summed E-state index contributed by atoms with van der Waals surface area (Å²) in [7, 11) is 0. The van der Waals surface area contributed by atoms with Gasteiger partial charge in [0, 0.05) is 11.8 Å². The maximum absolute atomic E-state index is 12.3. The minimum atomic E-state index is -0.973. The van der Waals surface area contributed by atoms with Crippen molar-refractivity contribution in [3.05, 3.63) is 60.7 Å². The zero-order chi connectivity index (χ0) is 19.2. The van der Waals surface area contributed by atoms with Crippen molar-refractivity contribution in [2.24, 2.45) is 0 Å². The van der Waals surface area contributed by atoms with E-state index >= 15 is 0 Å². The maximum Gasteiger partial charge on any atom is 0.338 e. The van der Waals surface area contributed by atoms with E-state index in [0.29, 0.717) is 35.1 Å². The van der Waals surface area contributed by atoms with E-state index < -0.39 is 18.0 Å². The van der Waals surface area contributed by atoms with Crippen LogP contribution in [0.25, 0.3) is 0 Å². The lowest BCUT2D eigenvalue weighted by Crippen LogP contribution is -2.30. The monoisotopic (exact) mass is 369 g/mol. The summed E-state index contributed by atoms with van der Waals surface area (Å²) < 4.78 is 21.1. The Bertz CT molecular complexity index is 846. The van der Waals surface area contributed by atoms with Gasteiger partial charge < -0.3 is 24.3 Å². The van der Waals surface area contributed by atoms with Gasteiger partial charge in [0.15, 0.2) is 17.6 Å². The molecule has 0 bridgehead atoms. The van der Waals surface area contributed by atoms with Crippen LogP contribution in [-0.4, -0.2) is 31.4 Å². The summed E-state index contributed by atoms with van der Waals surface area (Å²) in [4.78, 5) is 24.5. The summed E-state index contributed by atoms with van der Waals surface area (Å²) in [5.74, 6) is 0.732. The Morgan fingerprint density at radius 2 is 1.93 bits per heavy atom. The van der Waals surface area contributed by atoms with E-state index in [-0.39, 0.29) is 6.79 Å². The minimum absolute atomic E-state index is 0.151. The van der Waals surface area contributed by atoms with Crippen molar-refractivity contribution in [2.75, 3.05) is 18.7 Å². The molecule has 0 saturated heterocycles. The van der Waals surface area contributed by atoms with Crippen molar-refractivity contribution in [3.8, 4) is 17.2 Å². The number of carbonyl (C=O) groups excluding carboxylic acids is 2. The zero-order valence-corrected chi connectivity index (χ0v) is 14.8. The van der Waals surface area contributed by atoms with Gasteiger partial charge in [0.1, 0.15) is 12.4 Å². The lowest BCUT2D eigenvalue weighted by atomic mass is 10.2. The normalized spacial score (nSPS) is 12.8. The fourth-order valence-corrected chi connectivity index (χ4v) is 2.34. The lowest BCUT2D eigenvalue weighted by molar-refractivity contribution is -0.123. The van der Waals surface area contributed by atoms with Crippen molar-refractivity contribution in [2.45, 2.75) is 13.0 Å². The fourth-order valence-electron chi connectivity index (χ4n) is 2.34. The standard InChI is InChI=1S/C20H19NO6/c1-3-10-24-16-7-4-14(5-8-16)20(23)27-13(2)19(22)21-15-6-9-17-18(11-15)26-12-25-17/h3-9,11,13H,1,10,12H2,2H3,(H,21,22). The first-order chi connectivity index (χ1) is 13.1. The maximum atomic E-state index is 12.3. The molecule has 1 amide bonds. The van der Waals surface area contributed by atoms with E-state index in [0.717, 1.165) is 0 Å². The molecule has 0 saturated carbocycles. The third-order valence-electron chi connectivity index (χ3n) is 3.75. The van der Waals surface area contributed by atoms with Crippen LogP contribution in [0.5, 0.6) is 17.2 Å². The summed E-state index contributed by atoms with van der Waals surface area (Å²) in [5.41, 5.74) is 0.847. The molecule has 27 heavy (non-hydrogen) atoms. The van der Waals surface area contributed by atoms with Gasteiger partial charge in [0.05, 0.1) is 5.56 Å². The van der Waals surface area contributed by atoms with Crippen LogP contribution in [0.2, 0.25) is 0 Å². The van der Waals surface area contributed by atoms with E-state index in [1.54, 1.807) is 48.5 Å². The van der Waals surface area contributed by atoms with Crippen LogP contribution < -0.4 is 19.5 Å². The number of amides is 1. The molecule has 1 N–H and O–H groups in total. The Morgan fingerprint density at radius 1 is 1.19 bits per heavy atom. The summed E-state index contributed by atoms with van der Waals surface area (Å²) in [6.07, 6.45) is 0.655. The number of fused-ring (bicyclic) bond motifs is 1. The van der Waals surface area contributed by atoms with Gasteiger partial charge in [-0.25, -0.2) is 4.79 Å². The summed E-state index contributed by atoms with van der Waals surface area (Å²) in [6, 6.07) is 11.5. The van der Waals surface area contributed by atoms with Gasteiger partial charge >= 0.3 is 5.97 Å². The van der Waals surface area contributed by atoms with Crippen molar-refractivity contribution >= 4 is 17.6 Å². The molecule has 7 heteroatoms. The molecule has 1 aliphatic heterocycles. The largest absolute Gasteiger partial charge is 0.490 e. The highest BCUT2D eigenvalue weighted by molar-refractivity contribution is 5.97. The number of ether oxygens (including phenoxy) is 4. The highest BCUT2D eigenvalue weighted by Gasteiger charge is 2.20. The summed E-state index contributed by atoms with van der Waals surface area (Å²) in [5, 5.41) is 2.68. The molecular weight excluding hydrogens is 350 g/mol. The zero-order valence-electron chi connectivity index (χ0n) is 14.8. The second kappa shape index (κ2) is 8.27. The quantitative estimate of drug-likeness (QED) is 0.596. The summed E-state index contributed by atoms with van der Waals surface area (Å²) >= 11 is 0. The van der Waals surface area contributed by atoms with Gasteiger partial charge in [-0.15, -0.1) is 0 Å². The molecule has 0 radical (unpaired) electrons. The predicted molar refractivity (Wildman–Crippen MR) is 98.2 cm³/mol. The van der Waals surface area contributed by atoms with Crippen LogP contribution in [0.1, 0.15) is 17.3 Å². The number of anilines is 1. The number of carbonyl (C=O) groups is 2. The van der Waals surface area contributed by atoms with Gasteiger partial charge in [-0.3, -0.25) is 4.79 Å². The highest BCUT2D eigenvalue weighted by atomic mass is 16.7. The molecule has 1 heterocycles. The fraction of sp³-hybridized carbons (Fsp3) is 0.200. The number of nitrogens with one attached hydrogen (secondary N) is 1. The second-order valence-corrected chi connectivity index (χ2v) is 5.73. The third-order valence-corrected chi connectivity index (χ3v) is 3.75. The molecule has 0 aliphatic carbocycles. The number of benzene rings is 2. The van der Waals surface area contributed by atoms with Gasteiger partial charge in [0.2, 0.25) is 6.79 Å². The van der Waals surface area contributed by atoms with Crippen LogP contribution in [0.3, 0.4) is 0 Å². The van der Waals surface area contributed by atoms with E-state index in [2.05, 4.69) is 11.9 Å². The Labute approximate surface area is 156 Å². The SMILES string of the molecule is C=CCOc1ccc(C(=O)OC(C)C(=O)Nc2ccc3c(c2)OCO3)cc1.